The molecule has 0 aliphatic rings. The number of rotatable bonds is 3. The van der Waals surface area contributed by atoms with E-state index in [2.05, 4.69) is 20.1 Å². The van der Waals surface area contributed by atoms with Crippen LogP contribution >= 0.6 is 0 Å². The molecule has 0 atom stereocenters. The summed E-state index contributed by atoms with van der Waals surface area (Å²) in [5, 5.41) is 5.00. The lowest BCUT2D eigenvalue weighted by Crippen LogP contribution is -2.22. The van der Waals surface area contributed by atoms with E-state index in [1.165, 1.54) is 0 Å². The summed E-state index contributed by atoms with van der Waals surface area (Å²) >= 11 is 0. The van der Waals surface area contributed by atoms with Gasteiger partial charge in [-0.3, -0.25) is 9.78 Å². The van der Waals surface area contributed by atoms with Crippen molar-refractivity contribution in [2.45, 2.75) is 13.5 Å². The standard InChI is InChI=1S/C21H16N6O/c1-14-23-21-24-17-9-11-26(13-15-6-5-10-22-12-15)20(28)18(17)19(27(21)25-14)16-7-3-2-4-8-16/h2-12H,13H2,1H3. The first-order chi connectivity index (χ1) is 13.7. The highest BCUT2D eigenvalue weighted by Gasteiger charge is 2.17. The maximum atomic E-state index is 13.4. The Hall–Kier alpha value is -3.87. The maximum absolute atomic E-state index is 13.4. The highest BCUT2D eigenvalue weighted by Crippen LogP contribution is 2.26. The zero-order chi connectivity index (χ0) is 19.1. The molecule has 0 unspecified atom stereocenters. The fourth-order valence-electron chi connectivity index (χ4n) is 3.40. The normalized spacial score (nSPS) is 11.3. The van der Waals surface area contributed by atoms with Crippen LogP contribution in [0.1, 0.15) is 11.4 Å². The first-order valence-electron chi connectivity index (χ1n) is 8.91. The van der Waals surface area contributed by atoms with E-state index in [-0.39, 0.29) is 5.56 Å². The van der Waals surface area contributed by atoms with Crippen molar-refractivity contribution in [2.75, 3.05) is 0 Å². The lowest BCUT2D eigenvalue weighted by molar-refractivity contribution is 0.763. The molecule has 4 aromatic heterocycles. The van der Waals surface area contributed by atoms with Gasteiger partial charge in [-0.25, -0.2) is 4.98 Å². The number of aromatic nitrogens is 6. The molecular formula is C21H16N6O. The molecule has 0 radical (unpaired) electrons. The van der Waals surface area contributed by atoms with Crippen LogP contribution in [0.25, 0.3) is 27.9 Å². The van der Waals surface area contributed by atoms with Crippen molar-refractivity contribution in [3.05, 3.63) is 88.9 Å². The molecule has 7 heteroatoms. The summed E-state index contributed by atoms with van der Waals surface area (Å²) in [6.07, 6.45) is 5.24. The van der Waals surface area contributed by atoms with Gasteiger partial charge < -0.3 is 4.57 Å². The average molecular weight is 368 g/mol. The highest BCUT2D eigenvalue weighted by molar-refractivity contribution is 5.93. The Morgan fingerprint density at radius 1 is 1.00 bits per heavy atom. The summed E-state index contributed by atoms with van der Waals surface area (Å²) in [5.74, 6) is 1.09. The third-order valence-corrected chi connectivity index (χ3v) is 4.63. The van der Waals surface area contributed by atoms with Gasteiger partial charge in [-0.05, 0) is 24.6 Å². The second-order valence-corrected chi connectivity index (χ2v) is 6.57. The monoisotopic (exact) mass is 368 g/mol. The van der Waals surface area contributed by atoms with Crippen LogP contribution in [0.15, 0.2) is 71.9 Å². The number of benzene rings is 1. The van der Waals surface area contributed by atoms with Crippen LogP contribution in [-0.2, 0) is 6.54 Å². The van der Waals surface area contributed by atoms with E-state index in [1.54, 1.807) is 27.7 Å². The Morgan fingerprint density at radius 2 is 1.86 bits per heavy atom. The minimum Gasteiger partial charge on any atom is -0.310 e. The molecule has 7 nitrogen and oxygen atoms in total. The number of nitrogens with zero attached hydrogens (tertiary/aromatic N) is 6. The van der Waals surface area contributed by atoms with Gasteiger partial charge >= 0.3 is 0 Å². The fraction of sp³-hybridized carbons (Fsp3) is 0.0952. The van der Waals surface area contributed by atoms with E-state index in [4.69, 9.17) is 0 Å². The summed E-state index contributed by atoms with van der Waals surface area (Å²) in [6, 6.07) is 15.4. The Labute approximate surface area is 160 Å². The summed E-state index contributed by atoms with van der Waals surface area (Å²) in [6.45, 7) is 2.25. The van der Waals surface area contributed by atoms with E-state index in [1.807, 2.05) is 55.5 Å². The third-order valence-electron chi connectivity index (χ3n) is 4.63. The van der Waals surface area contributed by atoms with Crippen LogP contribution in [0.5, 0.6) is 0 Å². The predicted molar refractivity (Wildman–Crippen MR) is 106 cm³/mol. The number of hydrogen-bond donors (Lipinski definition) is 0. The smallest absolute Gasteiger partial charge is 0.262 e. The number of fused-ring (bicyclic) bond motifs is 2. The number of hydrogen-bond acceptors (Lipinski definition) is 5. The van der Waals surface area contributed by atoms with Crippen molar-refractivity contribution in [3.8, 4) is 11.3 Å². The zero-order valence-electron chi connectivity index (χ0n) is 15.1. The summed E-state index contributed by atoms with van der Waals surface area (Å²) < 4.78 is 3.33. The van der Waals surface area contributed by atoms with Gasteiger partial charge in [-0.2, -0.15) is 9.50 Å². The van der Waals surface area contributed by atoms with Crippen molar-refractivity contribution in [1.29, 1.82) is 0 Å². The Kier molecular flexibility index (Phi) is 3.72. The Morgan fingerprint density at radius 3 is 2.64 bits per heavy atom. The van der Waals surface area contributed by atoms with Gasteiger partial charge in [0, 0.05) is 24.2 Å². The number of pyridine rings is 2. The van der Waals surface area contributed by atoms with Crippen molar-refractivity contribution in [1.82, 2.24) is 29.1 Å². The summed E-state index contributed by atoms with van der Waals surface area (Å²) in [5.41, 5.74) is 3.03. The van der Waals surface area contributed by atoms with Gasteiger partial charge in [-0.15, -0.1) is 5.10 Å². The quantitative estimate of drug-likeness (QED) is 0.489. The largest absolute Gasteiger partial charge is 0.310 e. The van der Waals surface area contributed by atoms with Gasteiger partial charge in [0.2, 0.25) is 0 Å². The molecule has 0 amide bonds. The van der Waals surface area contributed by atoms with Crippen molar-refractivity contribution >= 4 is 16.7 Å². The molecule has 0 N–H and O–H groups in total. The summed E-state index contributed by atoms with van der Waals surface area (Å²) in [7, 11) is 0. The molecule has 4 heterocycles. The molecule has 0 fully saturated rings. The number of aryl methyl sites for hydroxylation is 1. The molecule has 0 spiro atoms. The minimum absolute atomic E-state index is 0.122. The first kappa shape index (κ1) is 16.3. The molecule has 0 bridgehead atoms. The third kappa shape index (κ3) is 2.64. The fourth-order valence-corrected chi connectivity index (χ4v) is 3.40. The first-order valence-corrected chi connectivity index (χ1v) is 8.91. The molecule has 28 heavy (non-hydrogen) atoms. The molecule has 0 saturated heterocycles. The van der Waals surface area contributed by atoms with Gasteiger partial charge in [0.1, 0.15) is 5.82 Å². The van der Waals surface area contributed by atoms with Crippen molar-refractivity contribution in [2.24, 2.45) is 0 Å². The van der Waals surface area contributed by atoms with Crippen LogP contribution < -0.4 is 5.56 Å². The van der Waals surface area contributed by atoms with Crippen LogP contribution in [0.4, 0.5) is 0 Å². The van der Waals surface area contributed by atoms with E-state index in [0.717, 1.165) is 11.1 Å². The molecular weight excluding hydrogens is 352 g/mol. The van der Waals surface area contributed by atoms with Crippen LogP contribution in [0, 0.1) is 6.92 Å². The van der Waals surface area contributed by atoms with Crippen LogP contribution in [0.2, 0.25) is 0 Å². The van der Waals surface area contributed by atoms with E-state index in [0.29, 0.717) is 34.7 Å². The second-order valence-electron chi connectivity index (χ2n) is 6.57. The van der Waals surface area contributed by atoms with Crippen LogP contribution in [0.3, 0.4) is 0 Å². The van der Waals surface area contributed by atoms with E-state index >= 15 is 0 Å². The lowest BCUT2D eigenvalue weighted by Gasteiger charge is -2.11. The predicted octanol–water partition coefficient (Wildman–Crippen LogP) is 2.86. The Bertz CT molecular complexity index is 1360. The van der Waals surface area contributed by atoms with Crippen molar-refractivity contribution in [3.63, 3.8) is 0 Å². The molecule has 0 saturated carbocycles. The van der Waals surface area contributed by atoms with Gasteiger partial charge in [0.05, 0.1) is 23.1 Å². The zero-order valence-corrected chi connectivity index (χ0v) is 15.1. The Balaban J connectivity index is 1.84. The molecule has 1 aromatic carbocycles. The summed E-state index contributed by atoms with van der Waals surface area (Å²) in [4.78, 5) is 26.5. The van der Waals surface area contributed by atoms with E-state index < -0.39 is 0 Å². The topological polar surface area (TPSA) is 78.0 Å². The van der Waals surface area contributed by atoms with Crippen LogP contribution in [-0.4, -0.2) is 29.1 Å². The van der Waals surface area contributed by atoms with Crippen molar-refractivity contribution < 1.29 is 0 Å². The van der Waals surface area contributed by atoms with E-state index in [9.17, 15) is 4.79 Å². The molecule has 0 aliphatic carbocycles. The maximum Gasteiger partial charge on any atom is 0.262 e. The second kappa shape index (κ2) is 6.38. The SMILES string of the molecule is Cc1nc2nc3ccn(Cc4cccnc4)c(=O)c3c(-c3ccccc3)n2n1. The minimum atomic E-state index is -0.122. The van der Waals surface area contributed by atoms with Gasteiger partial charge in [0.15, 0.2) is 0 Å². The molecule has 5 aromatic rings. The van der Waals surface area contributed by atoms with Gasteiger partial charge in [0.25, 0.3) is 11.3 Å². The van der Waals surface area contributed by atoms with Gasteiger partial charge in [-0.1, -0.05) is 36.4 Å². The lowest BCUT2D eigenvalue weighted by atomic mass is 10.1. The highest BCUT2D eigenvalue weighted by atomic mass is 16.1. The molecule has 136 valence electrons. The average Bonchev–Trinajstić information content (AvgIpc) is 3.10. The molecule has 5 rings (SSSR count). The molecule has 0 aliphatic heterocycles.